The van der Waals surface area contributed by atoms with Crippen molar-refractivity contribution in [2.24, 2.45) is 7.05 Å². The number of carbonyl (C=O) groups excluding carboxylic acids is 1. The Bertz CT molecular complexity index is 1190. The largest absolute Gasteiger partial charge is 0.453 e. The number of nitrogens with one attached hydrogen (secondary N) is 1. The lowest BCUT2D eigenvalue weighted by Crippen LogP contribution is -2.14. The van der Waals surface area contributed by atoms with Crippen molar-refractivity contribution < 1.29 is 9.21 Å². The van der Waals surface area contributed by atoms with Crippen molar-refractivity contribution in [3.8, 4) is 11.6 Å². The summed E-state index contributed by atoms with van der Waals surface area (Å²) in [5.41, 5.74) is 3.82. The van der Waals surface area contributed by atoms with E-state index >= 15 is 0 Å². The first-order valence-electron chi connectivity index (χ1n) is 8.99. The topological polar surface area (TPSA) is 73.0 Å². The van der Waals surface area contributed by atoms with Gasteiger partial charge in [-0.25, -0.2) is 0 Å². The van der Waals surface area contributed by atoms with E-state index in [1.165, 1.54) is 11.8 Å². The number of halogens is 1. The number of aryl methyl sites for hydroxylation is 2. The number of nitrogens with zero attached hydrogens (tertiary/aromatic N) is 3. The minimum Gasteiger partial charge on any atom is -0.453 e. The number of rotatable bonds is 5. The Kier molecular flexibility index (Phi) is 5.47. The van der Waals surface area contributed by atoms with E-state index in [0.717, 1.165) is 32.3 Å². The van der Waals surface area contributed by atoms with E-state index in [-0.39, 0.29) is 11.7 Å². The molecule has 8 heteroatoms. The molecule has 0 radical (unpaired) electrons. The Hall–Kier alpha value is -2.58. The molecule has 0 atom stereocenters. The van der Waals surface area contributed by atoms with Gasteiger partial charge in [-0.05, 0) is 61.4 Å². The Labute approximate surface area is 180 Å². The molecular weight excluding hydrogens is 452 g/mol. The molecule has 2 aromatic heterocycles. The van der Waals surface area contributed by atoms with E-state index in [1.807, 2.05) is 61.9 Å². The van der Waals surface area contributed by atoms with Gasteiger partial charge in [0.25, 0.3) is 0 Å². The highest BCUT2D eigenvalue weighted by atomic mass is 79.9. The number of fused-ring (bicyclic) bond motifs is 1. The highest BCUT2D eigenvalue weighted by Gasteiger charge is 2.16. The lowest BCUT2D eigenvalue weighted by Gasteiger charge is -2.07. The number of amides is 1. The molecule has 1 N–H and O–H groups in total. The number of aromatic nitrogens is 3. The number of hydrogen-bond donors (Lipinski definition) is 1. The molecule has 4 rings (SSSR count). The minimum absolute atomic E-state index is 0.0851. The van der Waals surface area contributed by atoms with E-state index in [2.05, 4.69) is 37.5 Å². The highest BCUT2D eigenvalue weighted by molar-refractivity contribution is 9.10. The number of furan rings is 1. The molecule has 0 fully saturated rings. The van der Waals surface area contributed by atoms with Crippen LogP contribution in [0.15, 0.2) is 56.5 Å². The first-order valence-corrected chi connectivity index (χ1v) is 10.8. The van der Waals surface area contributed by atoms with E-state index < -0.39 is 0 Å². The van der Waals surface area contributed by atoms with Gasteiger partial charge in [0.1, 0.15) is 5.58 Å². The van der Waals surface area contributed by atoms with Crippen LogP contribution < -0.4 is 5.32 Å². The van der Waals surface area contributed by atoms with E-state index in [4.69, 9.17) is 4.42 Å². The Morgan fingerprint density at radius 1 is 1.14 bits per heavy atom. The van der Waals surface area contributed by atoms with Crippen LogP contribution in [-0.2, 0) is 11.8 Å². The summed E-state index contributed by atoms with van der Waals surface area (Å²) < 4.78 is 8.72. The SMILES string of the molecule is Cc1cc(C)cc(NC(=O)CSc2nnc(-c3cc4cc(Br)ccc4o3)n2C)c1. The molecule has 1 amide bonds. The molecule has 4 aromatic rings. The monoisotopic (exact) mass is 470 g/mol. The molecule has 0 aliphatic carbocycles. The van der Waals surface area contributed by atoms with Gasteiger partial charge in [-0.2, -0.15) is 0 Å². The van der Waals surface area contributed by atoms with Crippen LogP contribution in [0.2, 0.25) is 0 Å². The minimum atomic E-state index is -0.0851. The summed E-state index contributed by atoms with van der Waals surface area (Å²) in [6.45, 7) is 4.02. The van der Waals surface area contributed by atoms with Crippen LogP contribution in [-0.4, -0.2) is 26.4 Å². The molecule has 0 saturated heterocycles. The molecule has 2 aromatic carbocycles. The fraction of sp³-hybridized carbons (Fsp3) is 0.190. The van der Waals surface area contributed by atoms with E-state index in [1.54, 1.807) is 0 Å². The molecule has 0 spiro atoms. The van der Waals surface area contributed by atoms with Crippen molar-refractivity contribution in [2.45, 2.75) is 19.0 Å². The van der Waals surface area contributed by atoms with Crippen molar-refractivity contribution in [1.82, 2.24) is 14.8 Å². The third kappa shape index (κ3) is 4.38. The number of thioether (sulfide) groups is 1. The molecule has 0 aliphatic heterocycles. The van der Waals surface area contributed by atoms with Crippen LogP contribution in [0, 0.1) is 13.8 Å². The quantitative estimate of drug-likeness (QED) is 0.398. The molecule has 2 heterocycles. The number of hydrogen-bond acceptors (Lipinski definition) is 5. The van der Waals surface area contributed by atoms with E-state index in [0.29, 0.717) is 16.7 Å². The number of benzene rings is 2. The van der Waals surface area contributed by atoms with Gasteiger partial charge in [-0.15, -0.1) is 10.2 Å². The van der Waals surface area contributed by atoms with Gasteiger partial charge in [0, 0.05) is 22.6 Å². The van der Waals surface area contributed by atoms with Crippen LogP contribution in [0.4, 0.5) is 5.69 Å². The van der Waals surface area contributed by atoms with Crippen molar-refractivity contribution in [3.05, 3.63) is 58.1 Å². The van der Waals surface area contributed by atoms with Gasteiger partial charge >= 0.3 is 0 Å². The molecule has 0 bridgehead atoms. The summed E-state index contributed by atoms with van der Waals surface area (Å²) in [7, 11) is 1.86. The number of carbonyl (C=O) groups is 1. The summed E-state index contributed by atoms with van der Waals surface area (Å²) in [4.78, 5) is 12.3. The third-order valence-electron chi connectivity index (χ3n) is 4.37. The molecule has 0 aliphatic rings. The lowest BCUT2D eigenvalue weighted by molar-refractivity contribution is -0.113. The van der Waals surface area contributed by atoms with E-state index in [9.17, 15) is 4.79 Å². The maximum absolute atomic E-state index is 12.3. The maximum Gasteiger partial charge on any atom is 0.234 e. The van der Waals surface area contributed by atoms with Crippen LogP contribution >= 0.6 is 27.7 Å². The summed E-state index contributed by atoms with van der Waals surface area (Å²) in [5, 5.41) is 13.0. The Morgan fingerprint density at radius 2 is 1.90 bits per heavy atom. The average molecular weight is 471 g/mol. The van der Waals surface area contributed by atoms with Gasteiger partial charge in [0.2, 0.25) is 5.91 Å². The summed E-state index contributed by atoms with van der Waals surface area (Å²) in [6, 6.07) is 13.7. The van der Waals surface area contributed by atoms with Gasteiger partial charge in [-0.1, -0.05) is 33.8 Å². The van der Waals surface area contributed by atoms with Gasteiger partial charge < -0.3 is 14.3 Å². The standard InChI is InChI=1S/C21H19BrN4O2S/c1-12-6-13(2)8-16(7-12)23-19(27)11-29-21-25-24-20(26(21)3)18-10-14-9-15(22)4-5-17(14)28-18/h4-10H,11H2,1-3H3,(H,23,27). The van der Waals surface area contributed by atoms with Crippen LogP contribution in [0.5, 0.6) is 0 Å². The predicted octanol–water partition coefficient (Wildman–Crippen LogP) is 5.34. The fourth-order valence-electron chi connectivity index (χ4n) is 3.15. The first kappa shape index (κ1) is 19.7. The molecule has 0 unspecified atom stereocenters. The second-order valence-corrected chi connectivity index (χ2v) is 8.73. The predicted molar refractivity (Wildman–Crippen MR) is 119 cm³/mol. The third-order valence-corrected chi connectivity index (χ3v) is 5.88. The number of anilines is 1. The molecule has 29 heavy (non-hydrogen) atoms. The molecule has 148 valence electrons. The first-order chi connectivity index (χ1) is 13.9. The zero-order chi connectivity index (χ0) is 20.5. The van der Waals surface area contributed by atoms with Gasteiger partial charge in [0.05, 0.1) is 5.75 Å². The highest BCUT2D eigenvalue weighted by Crippen LogP contribution is 2.30. The fourth-order valence-corrected chi connectivity index (χ4v) is 4.24. The Balaban J connectivity index is 1.46. The average Bonchev–Trinajstić information content (AvgIpc) is 3.21. The van der Waals surface area contributed by atoms with Gasteiger partial charge in [0.15, 0.2) is 16.7 Å². The van der Waals surface area contributed by atoms with Gasteiger partial charge in [-0.3, -0.25) is 4.79 Å². The second-order valence-electron chi connectivity index (χ2n) is 6.87. The molecule has 0 saturated carbocycles. The maximum atomic E-state index is 12.3. The molecular formula is C21H19BrN4O2S. The van der Waals surface area contributed by atoms with Crippen LogP contribution in [0.25, 0.3) is 22.6 Å². The zero-order valence-corrected chi connectivity index (χ0v) is 18.6. The van der Waals surface area contributed by atoms with Crippen LogP contribution in [0.1, 0.15) is 11.1 Å². The second kappa shape index (κ2) is 8.04. The summed E-state index contributed by atoms with van der Waals surface area (Å²) in [5.74, 6) is 1.42. The normalized spacial score (nSPS) is 11.2. The smallest absolute Gasteiger partial charge is 0.234 e. The molecule has 6 nitrogen and oxygen atoms in total. The van der Waals surface area contributed by atoms with Crippen molar-refractivity contribution in [1.29, 1.82) is 0 Å². The lowest BCUT2D eigenvalue weighted by atomic mass is 10.1. The van der Waals surface area contributed by atoms with Crippen molar-refractivity contribution >= 4 is 50.3 Å². The Morgan fingerprint density at radius 3 is 2.66 bits per heavy atom. The summed E-state index contributed by atoms with van der Waals surface area (Å²) in [6.07, 6.45) is 0. The van der Waals surface area contributed by atoms with Crippen molar-refractivity contribution in [2.75, 3.05) is 11.1 Å². The van der Waals surface area contributed by atoms with Crippen LogP contribution in [0.3, 0.4) is 0 Å². The van der Waals surface area contributed by atoms with Crippen molar-refractivity contribution in [3.63, 3.8) is 0 Å². The zero-order valence-electron chi connectivity index (χ0n) is 16.2. The summed E-state index contributed by atoms with van der Waals surface area (Å²) >= 11 is 4.80.